The van der Waals surface area contributed by atoms with Crippen molar-refractivity contribution in [3.05, 3.63) is 89.1 Å². The van der Waals surface area contributed by atoms with Crippen molar-refractivity contribution in [3.8, 4) is 32.8 Å². The zero-order chi connectivity index (χ0) is 31.1. The predicted octanol–water partition coefficient (Wildman–Crippen LogP) is 8.58. The van der Waals surface area contributed by atoms with Gasteiger partial charge >= 0.3 is 5.97 Å². The molecule has 0 spiro atoms. The van der Waals surface area contributed by atoms with E-state index in [1.165, 1.54) is 23.2 Å². The highest BCUT2D eigenvalue weighted by molar-refractivity contribution is 7.22. The summed E-state index contributed by atoms with van der Waals surface area (Å²) in [5.74, 6) is -0.567. The first-order valence-electron chi connectivity index (χ1n) is 13.7. The van der Waals surface area contributed by atoms with E-state index >= 15 is 0 Å². The molecule has 1 N–H and O–H groups in total. The number of carboxylic acids is 1. The van der Waals surface area contributed by atoms with E-state index in [1.54, 1.807) is 25.4 Å². The van der Waals surface area contributed by atoms with E-state index in [9.17, 15) is 14.7 Å². The minimum atomic E-state index is -1.18. The fourth-order valence-corrected chi connectivity index (χ4v) is 6.16. The number of aryl methyl sites for hydroxylation is 1. The second-order valence-electron chi connectivity index (χ2n) is 11.4. The highest BCUT2D eigenvalue weighted by atomic mass is 35.5. The van der Waals surface area contributed by atoms with Crippen LogP contribution in [0.5, 0.6) is 0 Å². The van der Waals surface area contributed by atoms with Gasteiger partial charge in [-0.3, -0.25) is 4.79 Å². The number of carboxylic acid groups (broad SMARTS) is 1. The Morgan fingerprint density at radius 1 is 0.977 bits per heavy atom. The second-order valence-corrected chi connectivity index (χ2v) is 12.8. The molecule has 0 aliphatic carbocycles. The molecule has 0 saturated carbocycles. The Kier molecular flexibility index (Phi) is 8.38. The largest absolute Gasteiger partial charge is 0.479 e. The van der Waals surface area contributed by atoms with Crippen molar-refractivity contribution in [3.63, 3.8) is 0 Å². The Morgan fingerprint density at radius 3 is 2.26 bits per heavy atom. The third kappa shape index (κ3) is 6.46. The number of ether oxygens (including phenoxy) is 1. The summed E-state index contributed by atoms with van der Waals surface area (Å²) in [5, 5.41) is 11.7. The van der Waals surface area contributed by atoms with Crippen molar-refractivity contribution in [2.24, 2.45) is 0 Å². The van der Waals surface area contributed by atoms with E-state index in [1.807, 2.05) is 76.2 Å². The summed E-state index contributed by atoms with van der Waals surface area (Å²) in [7, 11) is 1.69. The Morgan fingerprint density at radius 2 is 1.65 bits per heavy atom. The number of carbonyl (C=O) groups excluding carboxylic acids is 1. The van der Waals surface area contributed by atoms with Crippen molar-refractivity contribution in [2.75, 3.05) is 11.9 Å². The van der Waals surface area contributed by atoms with E-state index in [4.69, 9.17) is 21.3 Å². The molecular weight excluding hydrogens is 582 g/mol. The lowest BCUT2D eigenvalue weighted by Gasteiger charge is -2.28. The lowest BCUT2D eigenvalue weighted by Crippen LogP contribution is -2.28. The van der Waals surface area contributed by atoms with Crippen LogP contribution in [0.1, 0.15) is 44.9 Å². The van der Waals surface area contributed by atoms with E-state index in [-0.39, 0.29) is 5.91 Å². The molecule has 0 saturated heterocycles. The van der Waals surface area contributed by atoms with Crippen molar-refractivity contribution < 1.29 is 19.4 Å². The smallest absolute Gasteiger partial charge is 0.337 e. The number of hydrogen-bond acceptors (Lipinski definition) is 6. The van der Waals surface area contributed by atoms with Crippen LogP contribution in [0.15, 0.2) is 72.9 Å². The Labute approximate surface area is 259 Å². The molecule has 43 heavy (non-hydrogen) atoms. The van der Waals surface area contributed by atoms with Crippen LogP contribution in [0.2, 0.25) is 5.02 Å². The van der Waals surface area contributed by atoms with Gasteiger partial charge in [0.1, 0.15) is 10.8 Å². The number of carbonyl (C=O) groups is 2. The monoisotopic (exact) mass is 613 g/mol. The van der Waals surface area contributed by atoms with Crippen LogP contribution < -0.4 is 4.90 Å². The van der Waals surface area contributed by atoms with Gasteiger partial charge in [-0.1, -0.05) is 41.9 Å². The van der Waals surface area contributed by atoms with Crippen LogP contribution in [-0.2, 0) is 14.3 Å². The number of aliphatic carboxylic acids is 1. The number of pyridine rings is 1. The van der Waals surface area contributed by atoms with Gasteiger partial charge in [0.2, 0.25) is 5.91 Å². The van der Waals surface area contributed by atoms with Gasteiger partial charge in [0, 0.05) is 47.4 Å². The molecule has 2 heterocycles. The third-order valence-electron chi connectivity index (χ3n) is 7.03. The lowest BCUT2D eigenvalue weighted by atomic mass is 9.91. The number of fused-ring (bicyclic) bond motifs is 1. The first-order valence-corrected chi connectivity index (χ1v) is 14.9. The molecule has 0 radical (unpaired) electrons. The molecule has 0 aliphatic heterocycles. The number of hydrogen-bond donors (Lipinski definition) is 1. The molecule has 5 aromatic rings. The lowest BCUT2D eigenvalue weighted by molar-refractivity contribution is -0.160. The number of amides is 1. The molecule has 1 atom stereocenters. The number of thiazole rings is 1. The average molecular weight is 614 g/mol. The third-order valence-corrected chi connectivity index (χ3v) is 8.42. The van der Waals surface area contributed by atoms with Gasteiger partial charge in [-0.05, 0) is 80.8 Å². The zero-order valence-corrected chi connectivity index (χ0v) is 26.4. The van der Waals surface area contributed by atoms with Crippen LogP contribution in [0.3, 0.4) is 0 Å². The van der Waals surface area contributed by atoms with Gasteiger partial charge in [0.15, 0.2) is 6.10 Å². The molecular formula is C34H32ClN3O4S. The fraction of sp³-hybridized carbons (Fsp3) is 0.235. The zero-order valence-electron chi connectivity index (χ0n) is 24.8. The Bertz CT molecular complexity index is 1830. The summed E-state index contributed by atoms with van der Waals surface area (Å²) in [6.07, 6.45) is 0.573. The molecule has 0 aliphatic rings. The molecule has 0 unspecified atom stereocenters. The molecule has 220 valence electrons. The maximum atomic E-state index is 12.6. The minimum absolute atomic E-state index is 0.0888. The number of benzene rings is 3. The van der Waals surface area contributed by atoms with Crippen LogP contribution in [0, 0.1) is 6.92 Å². The average Bonchev–Trinajstić information content (AvgIpc) is 3.39. The van der Waals surface area contributed by atoms with Gasteiger partial charge < -0.3 is 14.7 Å². The normalized spacial score (nSPS) is 12.3. The first kappa shape index (κ1) is 30.4. The number of rotatable bonds is 7. The molecule has 9 heteroatoms. The molecule has 0 fully saturated rings. The quantitative estimate of drug-likeness (QED) is 0.198. The van der Waals surface area contributed by atoms with Crippen molar-refractivity contribution in [1.82, 2.24) is 9.97 Å². The van der Waals surface area contributed by atoms with Gasteiger partial charge in [0.05, 0.1) is 15.8 Å². The maximum Gasteiger partial charge on any atom is 0.337 e. The van der Waals surface area contributed by atoms with Crippen molar-refractivity contribution in [1.29, 1.82) is 0 Å². The molecule has 2 aromatic heterocycles. The van der Waals surface area contributed by atoms with E-state index in [2.05, 4.69) is 11.1 Å². The van der Waals surface area contributed by atoms with Gasteiger partial charge in [0.25, 0.3) is 0 Å². The number of halogens is 1. The first-order chi connectivity index (χ1) is 20.3. The maximum absolute atomic E-state index is 12.6. The highest BCUT2D eigenvalue weighted by Gasteiger charge is 2.32. The topological polar surface area (TPSA) is 92.6 Å². The number of anilines is 1. The molecule has 1 amide bonds. The molecule has 0 bridgehead atoms. The van der Waals surface area contributed by atoms with Crippen molar-refractivity contribution >= 4 is 50.8 Å². The Balaban J connectivity index is 1.65. The molecule has 7 nitrogen and oxygen atoms in total. The van der Waals surface area contributed by atoms with Crippen LogP contribution in [0.25, 0.3) is 43.0 Å². The van der Waals surface area contributed by atoms with E-state index in [0.717, 1.165) is 48.6 Å². The van der Waals surface area contributed by atoms with Crippen LogP contribution in [-0.4, -0.2) is 39.6 Å². The summed E-state index contributed by atoms with van der Waals surface area (Å²) < 4.78 is 6.99. The van der Waals surface area contributed by atoms with Gasteiger partial charge in [-0.25, -0.2) is 14.8 Å². The van der Waals surface area contributed by atoms with Gasteiger partial charge in [-0.2, -0.15) is 0 Å². The summed E-state index contributed by atoms with van der Waals surface area (Å²) in [5.41, 5.74) is 5.87. The van der Waals surface area contributed by atoms with Crippen LogP contribution >= 0.6 is 22.9 Å². The fourth-order valence-electron chi connectivity index (χ4n) is 4.91. The minimum Gasteiger partial charge on any atom is -0.479 e. The van der Waals surface area contributed by atoms with Gasteiger partial charge in [-0.15, -0.1) is 11.3 Å². The Hall–Kier alpha value is -4.11. The van der Waals surface area contributed by atoms with Crippen LogP contribution in [0.4, 0.5) is 5.82 Å². The van der Waals surface area contributed by atoms with Crippen molar-refractivity contribution in [2.45, 2.75) is 46.3 Å². The van der Waals surface area contributed by atoms with E-state index < -0.39 is 17.7 Å². The highest BCUT2D eigenvalue weighted by Crippen LogP contribution is 2.44. The molecule has 3 aromatic carbocycles. The summed E-state index contributed by atoms with van der Waals surface area (Å²) in [6.45, 7) is 8.94. The summed E-state index contributed by atoms with van der Waals surface area (Å²) in [6, 6.07) is 21.1. The summed E-state index contributed by atoms with van der Waals surface area (Å²) in [4.78, 5) is 35.3. The molecule has 5 rings (SSSR count). The van der Waals surface area contributed by atoms with E-state index in [0.29, 0.717) is 16.4 Å². The predicted molar refractivity (Wildman–Crippen MR) is 174 cm³/mol. The summed E-state index contributed by atoms with van der Waals surface area (Å²) >= 11 is 7.73. The SMILES string of the molecule is CC(=O)N(C)c1ccc(-c2cccc(-c3nc4cc(C)c([C@H](OC(C)(C)C)C(=O)O)c(-c5ccc(Cl)cc5)c4s3)c2)cn1. The number of aromatic nitrogens is 2. The number of nitrogens with zero attached hydrogens (tertiary/aromatic N) is 3. The second kappa shape index (κ2) is 11.9. The standard InChI is InChI=1S/C34H32ClN3O4S/c1-19-16-26-31(29(21-10-13-25(35)14-11-21)28(19)30(33(40)41)42-34(3,4)5)43-32(37-26)23-9-7-8-22(17-23)24-12-15-27(36-18-24)38(6)20(2)39/h7-18,30H,1-6H3,(H,40,41)/t30-/m0/s1.